The summed E-state index contributed by atoms with van der Waals surface area (Å²) in [6.45, 7) is 0.286. The van der Waals surface area contributed by atoms with Crippen molar-refractivity contribution in [3.63, 3.8) is 0 Å². The average molecular weight is 983 g/mol. The Morgan fingerprint density at radius 2 is 1.14 bits per heavy atom. The first-order valence-corrected chi connectivity index (χ1v) is 20.9. The third kappa shape index (κ3) is 11.3. The van der Waals surface area contributed by atoms with Gasteiger partial charge in [-0.3, -0.25) is 8.37 Å². The molecular weight excluding hydrogens is 953 g/mol. The van der Waals surface area contributed by atoms with Crippen molar-refractivity contribution in [2.75, 3.05) is 19.8 Å². The summed E-state index contributed by atoms with van der Waals surface area (Å²) in [7, 11) is -11.8. The summed E-state index contributed by atoms with van der Waals surface area (Å²) in [5, 5.41) is -3.39. The highest BCUT2D eigenvalue weighted by molar-refractivity contribution is 7.87. The Kier molecular flexibility index (Phi) is 16.3. The van der Waals surface area contributed by atoms with E-state index >= 15 is 0 Å². The summed E-state index contributed by atoms with van der Waals surface area (Å²) < 4.78 is 294. The van der Waals surface area contributed by atoms with E-state index in [2.05, 4.69) is 8.37 Å². The molecule has 0 N–H and O–H groups in total. The molecule has 3 aromatic rings. The van der Waals surface area contributed by atoms with Gasteiger partial charge in [0.25, 0.3) is 10.1 Å². The molecule has 0 heterocycles. The fourth-order valence-electron chi connectivity index (χ4n) is 6.05. The highest BCUT2D eigenvalue weighted by Gasteiger charge is 2.50. The molecule has 1 aliphatic carbocycles. The summed E-state index contributed by atoms with van der Waals surface area (Å²) in [6, 6.07) is 7.60. The molecular formula is C38H30F16O8S2. The first-order valence-electron chi connectivity index (χ1n) is 18.0. The molecule has 0 aromatic heterocycles. The molecule has 0 saturated carbocycles. The number of hydrogen-bond acceptors (Lipinski definition) is 8. The summed E-state index contributed by atoms with van der Waals surface area (Å²) in [5.41, 5.74) is -3.49. The van der Waals surface area contributed by atoms with Crippen LogP contribution in [0.1, 0.15) is 50.2 Å². The maximum Gasteiger partial charge on any atom is 0.417 e. The van der Waals surface area contributed by atoms with Crippen LogP contribution in [0.25, 0.3) is 5.57 Å². The molecule has 8 nitrogen and oxygen atoms in total. The number of benzene rings is 3. The zero-order valence-electron chi connectivity index (χ0n) is 32.3. The van der Waals surface area contributed by atoms with Crippen molar-refractivity contribution in [2.45, 2.75) is 73.8 Å². The van der Waals surface area contributed by atoms with Crippen LogP contribution in [-0.2, 0) is 28.6 Å². The molecule has 26 heteroatoms. The number of ether oxygens (including phenoxy) is 2. The molecule has 4 rings (SSSR count). The van der Waals surface area contributed by atoms with E-state index in [1.165, 1.54) is 0 Å². The van der Waals surface area contributed by atoms with Crippen LogP contribution >= 0.6 is 0 Å². The smallest absolute Gasteiger partial charge is 0.417 e. The lowest BCUT2D eigenvalue weighted by Crippen LogP contribution is -2.37. The van der Waals surface area contributed by atoms with Crippen molar-refractivity contribution in [3.8, 4) is 11.5 Å². The van der Waals surface area contributed by atoms with Gasteiger partial charge < -0.3 is 9.47 Å². The Balaban J connectivity index is 1.39. The van der Waals surface area contributed by atoms with E-state index in [4.69, 9.17) is 9.47 Å². The van der Waals surface area contributed by atoms with Crippen LogP contribution in [0, 0.1) is 29.1 Å². The van der Waals surface area contributed by atoms with Crippen LogP contribution in [0.5, 0.6) is 11.5 Å². The highest BCUT2D eigenvalue weighted by Crippen LogP contribution is 2.43. The fraction of sp³-hybridized carbons (Fsp3) is 0.368. The average Bonchev–Trinajstić information content (AvgIpc) is 3.21. The summed E-state index contributed by atoms with van der Waals surface area (Å²) in [5.74, 6) is -27.2. The maximum atomic E-state index is 14.3. The topological polar surface area (TPSA) is 105 Å². The minimum Gasteiger partial charge on any atom is -0.493 e. The SMILES string of the molecule is CCC(COS(=O)(=O)C1C(F)=C(F)C(F)=C(F)C1F)=C(c1ccc(OCCCOc2ccc(C(C(CC)OS(=O)(=O)c3c(F)c(F)c(F)c(F)c3F)C(F)(F)F)cc2)cc1)C(F)(F)F. The number of hydrogen-bond donors (Lipinski definition) is 0. The van der Waals surface area contributed by atoms with Gasteiger partial charge in [-0.1, -0.05) is 38.1 Å². The van der Waals surface area contributed by atoms with E-state index in [1.54, 1.807) is 0 Å². The Morgan fingerprint density at radius 1 is 0.672 bits per heavy atom. The predicted molar refractivity (Wildman–Crippen MR) is 191 cm³/mol. The molecule has 0 radical (unpaired) electrons. The predicted octanol–water partition coefficient (Wildman–Crippen LogP) is 11.2. The molecule has 4 unspecified atom stereocenters. The number of allylic oxidation sites excluding steroid dienone is 4. The molecule has 354 valence electrons. The van der Waals surface area contributed by atoms with Crippen LogP contribution in [0.3, 0.4) is 0 Å². The minimum absolute atomic E-state index is 0.0162. The lowest BCUT2D eigenvalue weighted by Gasteiger charge is -2.28. The largest absolute Gasteiger partial charge is 0.493 e. The van der Waals surface area contributed by atoms with Gasteiger partial charge in [-0.25, -0.2) is 43.9 Å². The van der Waals surface area contributed by atoms with E-state index < -0.39 is 155 Å². The Labute approximate surface area is 353 Å². The van der Waals surface area contributed by atoms with Gasteiger partial charge in [0.2, 0.25) is 5.82 Å². The zero-order chi connectivity index (χ0) is 48.3. The van der Waals surface area contributed by atoms with E-state index in [9.17, 15) is 87.1 Å². The third-order valence-electron chi connectivity index (χ3n) is 9.15. The molecule has 0 amide bonds. The van der Waals surface area contributed by atoms with Gasteiger partial charge in [0.1, 0.15) is 17.4 Å². The summed E-state index contributed by atoms with van der Waals surface area (Å²) >= 11 is 0. The summed E-state index contributed by atoms with van der Waals surface area (Å²) in [4.78, 5) is -2.49. The molecule has 4 atom stereocenters. The van der Waals surface area contributed by atoms with Gasteiger partial charge in [-0.15, -0.1) is 0 Å². The van der Waals surface area contributed by atoms with Gasteiger partial charge in [0.05, 0.1) is 31.5 Å². The molecule has 3 aromatic carbocycles. The quantitative estimate of drug-likeness (QED) is 0.0408. The van der Waals surface area contributed by atoms with Gasteiger partial charge in [-0.2, -0.15) is 43.2 Å². The second kappa shape index (κ2) is 20.1. The monoisotopic (exact) mass is 982 g/mol. The van der Waals surface area contributed by atoms with Gasteiger partial charge in [0, 0.05) is 6.42 Å². The van der Waals surface area contributed by atoms with Crippen molar-refractivity contribution in [1.82, 2.24) is 0 Å². The lowest BCUT2D eigenvalue weighted by atomic mass is 9.91. The first kappa shape index (κ1) is 51.8. The molecule has 0 spiro atoms. The van der Waals surface area contributed by atoms with Crippen molar-refractivity contribution in [1.29, 1.82) is 0 Å². The molecule has 0 bridgehead atoms. The number of alkyl halides is 7. The molecule has 0 saturated heterocycles. The molecule has 1 aliphatic rings. The van der Waals surface area contributed by atoms with Crippen LogP contribution < -0.4 is 9.47 Å². The van der Waals surface area contributed by atoms with Crippen LogP contribution in [0.15, 0.2) is 82.3 Å². The standard InChI is InChI=1S/C38H30F16O8S2/c1-3-17(16-61-63(55,56)35-31(45)27(41)25(39)28(42)32(35)46)23(37(49,50)51)18-6-10-20(11-7-18)59-14-5-15-60-21-12-8-19(9-13-21)24(38(52,53)54)22(4-2)62-64(57,58)36-33(47)29(43)26(40)30(44)34(36)48/h6-13,22,24,31,35H,3-5,14-16H2,1-2H3. The Bertz CT molecular complexity index is 2480. The van der Waals surface area contributed by atoms with Gasteiger partial charge >= 0.3 is 22.5 Å². The maximum absolute atomic E-state index is 14.3. The zero-order valence-corrected chi connectivity index (χ0v) is 33.9. The normalized spacial score (nSPS) is 18.0. The van der Waals surface area contributed by atoms with E-state index in [-0.39, 0.29) is 31.1 Å². The number of rotatable bonds is 18. The number of halogens is 16. The molecule has 0 aliphatic heterocycles. The van der Waals surface area contributed by atoms with Crippen molar-refractivity contribution >= 4 is 25.8 Å². The van der Waals surface area contributed by atoms with Gasteiger partial charge in [-0.05, 0) is 53.8 Å². The fourth-order valence-corrected chi connectivity index (χ4v) is 8.56. The Morgan fingerprint density at radius 3 is 1.59 bits per heavy atom. The molecule has 64 heavy (non-hydrogen) atoms. The van der Waals surface area contributed by atoms with Crippen molar-refractivity contribution in [2.24, 2.45) is 0 Å². The lowest BCUT2D eigenvalue weighted by molar-refractivity contribution is -0.168. The van der Waals surface area contributed by atoms with Crippen molar-refractivity contribution < 1.29 is 105 Å². The minimum atomic E-state index is -6.04. The van der Waals surface area contributed by atoms with E-state index in [0.717, 1.165) is 62.4 Å². The van der Waals surface area contributed by atoms with Crippen LogP contribution in [0.4, 0.5) is 70.2 Å². The second-order valence-electron chi connectivity index (χ2n) is 13.3. The van der Waals surface area contributed by atoms with Crippen molar-refractivity contribution in [3.05, 3.63) is 118 Å². The van der Waals surface area contributed by atoms with Crippen LogP contribution in [0.2, 0.25) is 0 Å². The van der Waals surface area contributed by atoms with Crippen LogP contribution in [-0.4, -0.2) is 66.5 Å². The van der Waals surface area contributed by atoms with E-state index in [0.29, 0.717) is 0 Å². The van der Waals surface area contributed by atoms with E-state index in [1.807, 2.05) is 0 Å². The first-order chi connectivity index (χ1) is 29.6. The summed E-state index contributed by atoms with van der Waals surface area (Å²) in [6.07, 6.45) is -17.9. The highest BCUT2D eigenvalue weighted by atomic mass is 32.2. The third-order valence-corrected chi connectivity index (χ3v) is 12.0. The molecule has 0 fully saturated rings. The second-order valence-corrected chi connectivity index (χ2v) is 16.5. The van der Waals surface area contributed by atoms with Gasteiger partial charge in [0.15, 0.2) is 62.9 Å². The Hall–Kier alpha value is -4.82.